The fraction of sp³-hybridized carbons (Fsp3) is 0.500. The van der Waals surface area contributed by atoms with E-state index in [0.29, 0.717) is 0 Å². The zero-order valence-electron chi connectivity index (χ0n) is 6.52. The first kappa shape index (κ1) is 11.3. The van der Waals surface area contributed by atoms with Crippen molar-refractivity contribution < 1.29 is 22.9 Å². The summed E-state index contributed by atoms with van der Waals surface area (Å²) in [5.74, 6) is -2.06. The Morgan fingerprint density at radius 1 is 1.58 bits per heavy atom. The minimum absolute atomic E-state index is 0.142. The van der Waals surface area contributed by atoms with Crippen molar-refractivity contribution in [3.63, 3.8) is 0 Å². The van der Waals surface area contributed by atoms with E-state index in [4.69, 9.17) is 9.66 Å². The van der Waals surface area contributed by atoms with Crippen molar-refractivity contribution in [1.29, 1.82) is 0 Å². The largest absolute Gasteiger partial charge is 0.381 e. The lowest BCUT2D eigenvalue weighted by molar-refractivity contribution is -0.122. The molecule has 0 saturated heterocycles. The molecule has 0 aromatic rings. The average molecular weight is 194 g/mol. The van der Waals surface area contributed by atoms with Crippen molar-refractivity contribution in [2.45, 2.75) is 13.0 Å². The van der Waals surface area contributed by atoms with Crippen LogP contribution in [-0.2, 0) is 14.9 Å². The highest BCUT2D eigenvalue weighted by Gasteiger charge is 2.21. The molecule has 70 valence electrons. The molecular formula is C6H10O5S. The maximum atomic E-state index is 10.8. The molecule has 1 atom stereocenters. The van der Waals surface area contributed by atoms with Gasteiger partial charge in [0.25, 0.3) is 10.1 Å². The van der Waals surface area contributed by atoms with Crippen molar-refractivity contribution in [2.75, 3.05) is 5.75 Å². The fourth-order valence-electron chi connectivity index (χ4n) is 0.534. The number of hydrogen-bond donors (Lipinski definition) is 2. The van der Waals surface area contributed by atoms with Crippen LogP contribution in [0.2, 0.25) is 0 Å². The Morgan fingerprint density at radius 3 is 2.25 bits per heavy atom. The van der Waals surface area contributed by atoms with E-state index in [9.17, 15) is 13.2 Å². The molecule has 0 fully saturated rings. The predicted octanol–water partition coefficient (Wildman–Crippen LogP) is -0.620. The number of aliphatic hydroxyl groups excluding tert-OH is 1. The molecule has 2 N–H and O–H groups in total. The van der Waals surface area contributed by atoms with E-state index in [0.717, 1.165) is 0 Å². The second-order valence-corrected chi connectivity index (χ2v) is 3.89. The summed E-state index contributed by atoms with van der Waals surface area (Å²) in [6.45, 7) is 4.64. The molecule has 0 aromatic carbocycles. The first-order chi connectivity index (χ1) is 5.24. The molecule has 0 heterocycles. The maximum absolute atomic E-state index is 10.8. The number of carbonyl (C=O) groups is 1. The summed E-state index contributed by atoms with van der Waals surface area (Å²) in [6.07, 6.45) is -1.52. The lowest BCUT2D eigenvalue weighted by Crippen LogP contribution is -2.28. The van der Waals surface area contributed by atoms with Gasteiger partial charge in [-0.05, 0) is 12.5 Å². The normalized spacial score (nSPS) is 13.9. The lowest BCUT2D eigenvalue weighted by Gasteiger charge is -2.06. The van der Waals surface area contributed by atoms with Gasteiger partial charge < -0.3 is 5.11 Å². The van der Waals surface area contributed by atoms with Crippen LogP contribution in [0.3, 0.4) is 0 Å². The highest BCUT2D eigenvalue weighted by molar-refractivity contribution is 7.86. The number of carbonyl (C=O) groups excluding carboxylic acids is 1. The van der Waals surface area contributed by atoms with Gasteiger partial charge in [0, 0.05) is 0 Å². The Bertz CT molecular complexity index is 289. The quantitative estimate of drug-likeness (QED) is 0.459. The summed E-state index contributed by atoms with van der Waals surface area (Å²) < 4.78 is 28.6. The molecule has 1 unspecified atom stereocenters. The minimum atomic E-state index is -4.35. The molecule has 0 aliphatic heterocycles. The van der Waals surface area contributed by atoms with Gasteiger partial charge in [-0.15, -0.1) is 0 Å². The molecular weight excluding hydrogens is 184 g/mol. The SMILES string of the molecule is C=C(C)C(O)C(=O)CS(=O)(=O)O. The lowest BCUT2D eigenvalue weighted by atomic mass is 10.1. The molecule has 5 nitrogen and oxygen atoms in total. The number of rotatable bonds is 4. The fourth-order valence-corrected chi connectivity index (χ4v) is 1.05. The monoisotopic (exact) mass is 194 g/mol. The van der Waals surface area contributed by atoms with Gasteiger partial charge in [-0.1, -0.05) is 6.58 Å². The molecule has 0 radical (unpaired) electrons. The van der Waals surface area contributed by atoms with Crippen LogP contribution in [0.25, 0.3) is 0 Å². The average Bonchev–Trinajstić information content (AvgIpc) is 1.82. The van der Waals surface area contributed by atoms with Gasteiger partial charge in [-0.3, -0.25) is 9.35 Å². The molecule has 12 heavy (non-hydrogen) atoms. The van der Waals surface area contributed by atoms with Gasteiger partial charge in [0.15, 0.2) is 5.78 Å². The van der Waals surface area contributed by atoms with Crippen LogP contribution in [0, 0.1) is 0 Å². The number of aliphatic hydroxyl groups is 1. The van der Waals surface area contributed by atoms with Gasteiger partial charge in [0.2, 0.25) is 0 Å². The van der Waals surface area contributed by atoms with E-state index in [2.05, 4.69) is 6.58 Å². The molecule has 0 aliphatic rings. The Labute approximate surface area is 70.5 Å². The van der Waals surface area contributed by atoms with Crippen LogP contribution in [0.4, 0.5) is 0 Å². The Kier molecular flexibility index (Phi) is 3.56. The first-order valence-electron chi connectivity index (χ1n) is 3.05. The van der Waals surface area contributed by atoms with E-state index in [-0.39, 0.29) is 5.57 Å². The van der Waals surface area contributed by atoms with Crippen molar-refractivity contribution in [3.8, 4) is 0 Å². The van der Waals surface area contributed by atoms with E-state index >= 15 is 0 Å². The summed E-state index contributed by atoms with van der Waals surface area (Å²) in [7, 11) is -4.35. The second-order valence-electron chi connectivity index (χ2n) is 2.44. The zero-order valence-corrected chi connectivity index (χ0v) is 7.34. The van der Waals surface area contributed by atoms with Crippen molar-refractivity contribution >= 4 is 15.9 Å². The van der Waals surface area contributed by atoms with Gasteiger partial charge in [0.05, 0.1) is 0 Å². The van der Waals surface area contributed by atoms with Crippen LogP contribution in [-0.4, -0.2) is 35.7 Å². The third kappa shape index (κ3) is 4.22. The van der Waals surface area contributed by atoms with Crippen LogP contribution < -0.4 is 0 Å². The third-order valence-corrected chi connectivity index (χ3v) is 1.75. The number of hydrogen-bond acceptors (Lipinski definition) is 4. The summed E-state index contributed by atoms with van der Waals surface area (Å²) in [5, 5.41) is 8.93. The number of ketones is 1. The highest BCUT2D eigenvalue weighted by atomic mass is 32.2. The van der Waals surface area contributed by atoms with Crippen molar-refractivity contribution in [1.82, 2.24) is 0 Å². The molecule has 6 heteroatoms. The van der Waals surface area contributed by atoms with E-state index in [1.54, 1.807) is 0 Å². The molecule has 0 saturated carbocycles. The molecule has 0 aliphatic carbocycles. The van der Waals surface area contributed by atoms with Crippen LogP contribution in [0.5, 0.6) is 0 Å². The summed E-state index contributed by atoms with van der Waals surface area (Å²) in [5.41, 5.74) is 0.142. The summed E-state index contributed by atoms with van der Waals surface area (Å²) >= 11 is 0. The molecule has 0 spiro atoms. The van der Waals surface area contributed by atoms with Gasteiger partial charge in [0.1, 0.15) is 11.9 Å². The van der Waals surface area contributed by atoms with Gasteiger partial charge in [-0.25, -0.2) is 0 Å². The molecule has 0 amide bonds. The Balaban J connectivity index is 4.35. The highest BCUT2D eigenvalue weighted by Crippen LogP contribution is 2.00. The van der Waals surface area contributed by atoms with Crippen molar-refractivity contribution in [3.05, 3.63) is 12.2 Å². The molecule has 0 aromatic heterocycles. The van der Waals surface area contributed by atoms with Gasteiger partial charge >= 0.3 is 0 Å². The summed E-state index contributed by atoms with van der Waals surface area (Å²) in [4.78, 5) is 10.8. The smallest absolute Gasteiger partial charge is 0.272 e. The van der Waals surface area contributed by atoms with E-state index in [1.807, 2.05) is 0 Å². The van der Waals surface area contributed by atoms with E-state index in [1.165, 1.54) is 6.92 Å². The van der Waals surface area contributed by atoms with E-state index < -0.39 is 27.8 Å². The predicted molar refractivity (Wildman–Crippen MR) is 42.2 cm³/mol. The number of Topliss-reactive ketones (excluding diaryl/α,β-unsaturated/α-hetero) is 1. The first-order valence-corrected chi connectivity index (χ1v) is 4.66. The second kappa shape index (κ2) is 3.79. The van der Waals surface area contributed by atoms with Crippen LogP contribution >= 0.6 is 0 Å². The Morgan fingerprint density at radius 2 is 2.00 bits per heavy atom. The zero-order chi connectivity index (χ0) is 9.94. The standard InChI is InChI=1S/C6H10O5S/c1-4(2)6(8)5(7)3-12(9,10)11/h6,8H,1,3H2,2H3,(H,9,10,11). The maximum Gasteiger partial charge on any atom is 0.272 e. The molecule has 0 bridgehead atoms. The topological polar surface area (TPSA) is 91.7 Å². The van der Waals surface area contributed by atoms with Crippen LogP contribution in [0.1, 0.15) is 6.92 Å². The Hall–Kier alpha value is -0.720. The summed E-state index contributed by atoms with van der Waals surface area (Å²) in [6, 6.07) is 0. The van der Waals surface area contributed by atoms with Gasteiger partial charge in [-0.2, -0.15) is 8.42 Å². The minimum Gasteiger partial charge on any atom is -0.381 e. The van der Waals surface area contributed by atoms with Crippen LogP contribution in [0.15, 0.2) is 12.2 Å². The molecule has 0 rings (SSSR count). The third-order valence-electron chi connectivity index (χ3n) is 1.10. The van der Waals surface area contributed by atoms with Crippen molar-refractivity contribution in [2.24, 2.45) is 0 Å².